The van der Waals surface area contributed by atoms with Crippen LogP contribution in [0.5, 0.6) is 5.75 Å². The summed E-state index contributed by atoms with van der Waals surface area (Å²) in [5.74, 6) is 1.91. The maximum atomic E-state index is 12.9. The van der Waals surface area contributed by atoms with Crippen molar-refractivity contribution < 1.29 is 14.1 Å². The van der Waals surface area contributed by atoms with Crippen molar-refractivity contribution >= 4 is 17.5 Å². The number of aromatic nitrogens is 2. The maximum absolute atomic E-state index is 12.9. The molecule has 2 atom stereocenters. The van der Waals surface area contributed by atoms with Gasteiger partial charge in [-0.25, -0.2) is 0 Å². The van der Waals surface area contributed by atoms with Crippen LogP contribution in [0, 0.1) is 0 Å². The predicted octanol–water partition coefficient (Wildman–Crippen LogP) is 2.95. The molecule has 7 heteroatoms. The molecule has 6 nitrogen and oxygen atoms in total. The number of ether oxygens (including phenoxy) is 1. The Kier molecular flexibility index (Phi) is 3.92. The third-order valence-corrected chi connectivity index (χ3v) is 4.83. The van der Waals surface area contributed by atoms with Crippen LogP contribution < -0.4 is 4.74 Å². The van der Waals surface area contributed by atoms with E-state index in [1.54, 1.807) is 6.07 Å². The number of nitrogens with zero attached hydrogens (tertiary/aromatic N) is 3. The number of amides is 1. The Morgan fingerprint density at radius 3 is 3.12 bits per heavy atom. The largest absolute Gasteiger partial charge is 0.480 e. The van der Waals surface area contributed by atoms with Gasteiger partial charge in [0.05, 0.1) is 6.04 Å². The summed E-state index contributed by atoms with van der Waals surface area (Å²) in [6, 6.07) is 5.33. The molecule has 1 aromatic carbocycles. The van der Waals surface area contributed by atoms with Crippen molar-refractivity contribution in [3.8, 4) is 5.75 Å². The first-order valence-corrected chi connectivity index (χ1v) is 8.61. The van der Waals surface area contributed by atoms with Gasteiger partial charge in [0, 0.05) is 24.4 Å². The molecule has 2 aliphatic rings. The Hall–Kier alpha value is -2.08. The number of carbonyl (C=O) groups excluding carboxylic acids is 1. The van der Waals surface area contributed by atoms with Gasteiger partial charge in [-0.1, -0.05) is 23.7 Å². The minimum atomic E-state index is -0.503. The molecule has 1 fully saturated rings. The van der Waals surface area contributed by atoms with E-state index in [1.807, 2.05) is 24.0 Å². The first kappa shape index (κ1) is 15.4. The molecule has 2 aromatic rings. The molecule has 0 aliphatic carbocycles. The summed E-state index contributed by atoms with van der Waals surface area (Å²) in [6.07, 6.45) is 2.51. The van der Waals surface area contributed by atoms with Crippen LogP contribution in [0.2, 0.25) is 5.02 Å². The van der Waals surface area contributed by atoms with E-state index in [9.17, 15) is 4.79 Å². The molecule has 0 unspecified atom stereocenters. The molecule has 1 aromatic heterocycles. The molecule has 0 radical (unpaired) electrons. The normalized spacial score (nSPS) is 22.5. The Balaban J connectivity index is 1.52. The SMILES string of the molecule is CCc1nc([C@@H]2CCCN2C(=O)[C@@H]2Cc3cc(Cl)ccc3O2)no1. The van der Waals surface area contributed by atoms with Crippen molar-refractivity contribution in [1.82, 2.24) is 15.0 Å². The highest BCUT2D eigenvalue weighted by molar-refractivity contribution is 6.30. The van der Waals surface area contributed by atoms with E-state index < -0.39 is 6.10 Å². The van der Waals surface area contributed by atoms with Gasteiger partial charge in [0.15, 0.2) is 11.9 Å². The third-order valence-electron chi connectivity index (χ3n) is 4.59. The molecule has 3 heterocycles. The van der Waals surface area contributed by atoms with E-state index >= 15 is 0 Å². The Morgan fingerprint density at radius 1 is 1.46 bits per heavy atom. The fourth-order valence-electron chi connectivity index (χ4n) is 3.39. The third kappa shape index (κ3) is 2.65. The second-order valence-electron chi connectivity index (χ2n) is 6.15. The van der Waals surface area contributed by atoms with Gasteiger partial charge >= 0.3 is 0 Å². The van der Waals surface area contributed by atoms with Gasteiger partial charge < -0.3 is 14.2 Å². The fraction of sp³-hybridized carbons (Fsp3) is 0.471. The van der Waals surface area contributed by atoms with Crippen LogP contribution in [0.1, 0.15) is 43.1 Å². The van der Waals surface area contributed by atoms with Crippen LogP contribution in [0.25, 0.3) is 0 Å². The van der Waals surface area contributed by atoms with Gasteiger partial charge in [-0.2, -0.15) is 4.98 Å². The molecule has 24 heavy (non-hydrogen) atoms. The van der Waals surface area contributed by atoms with E-state index in [0.717, 1.165) is 24.2 Å². The second-order valence-corrected chi connectivity index (χ2v) is 6.59. The molecule has 0 saturated carbocycles. The lowest BCUT2D eigenvalue weighted by molar-refractivity contribution is -0.139. The van der Waals surface area contributed by atoms with Crippen LogP contribution in [0.3, 0.4) is 0 Å². The zero-order valence-corrected chi connectivity index (χ0v) is 14.1. The summed E-state index contributed by atoms with van der Waals surface area (Å²) < 4.78 is 11.0. The lowest BCUT2D eigenvalue weighted by atomic mass is 10.1. The van der Waals surface area contributed by atoms with Crippen molar-refractivity contribution in [3.63, 3.8) is 0 Å². The van der Waals surface area contributed by atoms with Gasteiger partial charge in [-0.3, -0.25) is 4.79 Å². The zero-order chi connectivity index (χ0) is 16.7. The molecule has 0 N–H and O–H groups in total. The summed E-state index contributed by atoms with van der Waals surface area (Å²) in [4.78, 5) is 19.2. The number of aryl methyl sites for hydroxylation is 1. The van der Waals surface area contributed by atoms with Crippen molar-refractivity contribution in [3.05, 3.63) is 40.5 Å². The smallest absolute Gasteiger partial charge is 0.264 e. The summed E-state index contributed by atoms with van der Waals surface area (Å²) in [5.41, 5.74) is 0.976. The number of hydrogen-bond donors (Lipinski definition) is 0. The van der Waals surface area contributed by atoms with Gasteiger partial charge in [-0.05, 0) is 36.6 Å². The minimum Gasteiger partial charge on any atom is -0.480 e. The molecule has 0 bridgehead atoms. The zero-order valence-electron chi connectivity index (χ0n) is 13.4. The summed E-state index contributed by atoms with van der Waals surface area (Å²) in [5, 5.41) is 4.70. The number of halogens is 1. The first-order valence-electron chi connectivity index (χ1n) is 8.23. The number of carbonyl (C=O) groups is 1. The molecule has 2 aliphatic heterocycles. The van der Waals surface area contributed by atoms with Crippen molar-refractivity contribution in [2.24, 2.45) is 0 Å². The van der Waals surface area contributed by atoms with Crippen molar-refractivity contribution in [2.75, 3.05) is 6.54 Å². The van der Waals surface area contributed by atoms with Gasteiger partial charge in [0.2, 0.25) is 5.89 Å². The van der Waals surface area contributed by atoms with Crippen molar-refractivity contribution in [2.45, 2.75) is 44.8 Å². The topological polar surface area (TPSA) is 68.5 Å². The van der Waals surface area contributed by atoms with Crippen LogP contribution in [0.4, 0.5) is 0 Å². The second kappa shape index (κ2) is 6.09. The lowest BCUT2D eigenvalue weighted by Gasteiger charge is -2.25. The van der Waals surface area contributed by atoms with E-state index in [4.69, 9.17) is 20.9 Å². The monoisotopic (exact) mass is 347 g/mol. The summed E-state index contributed by atoms with van der Waals surface area (Å²) >= 11 is 6.02. The standard InChI is InChI=1S/C17H18ClN3O3/c1-2-15-19-16(20-24-15)12-4-3-7-21(12)17(22)14-9-10-8-11(18)5-6-13(10)23-14/h5-6,8,12,14H,2-4,7,9H2,1H3/t12-,14-/m0/s1. The maximum Gasteiger partial charge on any atom is 0.264 e. The Bertz CT molecular complexity index is 776. The van der Waals surface area contributed by atoms with Gasteiger partial charge in [0.1, 0.15) is 5.75 Å². The van der Waals surface area contributed by atoms with E-state index in [-0.39, 0.29) is 11.9 Å². The highest BCUT2D eigenvalue weighted by atomic mass is 35.5. The van der Waals surface area contributed by atoms with Crippen LogP contribution in [-0.2, 0) is 17.6 Å². The van der Waals surface area contributed by atoms with Crippen LogP contribution in [0.15, 0.2) is 22.7 Å². The molecule has 0 spiro atoms. The molecular formula is C17H18ClN3O3. The number of hydrogen-bond acceptors (Lipinski definition) is 5. The average Bonchev–Trinajstić information content (AvgIpc) is 3.31. The molecule has 1 amide bonds. The fourth-order valence-corrected chi connectivity index (χ4v) is 3.58. The minimum absolute atomic E-state index is 0.0207. The molecular weight excluding hydrogens is 330 g/mol. The van der Waals surface area contributed by atoms with Gasteiger partial charge in [0.25, 0.3) is 5.91 Å². The van der Waals surface area contributed by atoms with Crippen LogP contribution >= 0.6 is 11.6 Å². The summed E-state index contributed by atoms with van der Waals surface area (Å²) in [6.45, 7) is 2.65. The number of benzene rings is 1. The van der Waals surface area contributed by atoms with E-state index in [0.29, 0.717) is 36.1 Å². The molecule has 1 saturated heterocycles. The van der Waals surface area contributed by atoms with Crippen molar-refractivity contribution in [1.29, 1.82) is 0 Å². The number of likely N-dealkylation sites (tertiary alicyclic amines) is 1. The van der Waals surface area contributed by atoms with Crippen LogP contribution in [-0.4, -0.2) is 33.6 Å². The highest BCUT2D eigenvalue weighted by Gasteiger charge is 2.39. The van der Waals surface area contributed by atoms with E-state index in [2.05, 4.69) is 10.1 Å². The Labute approximate surface area is 144 Å². The summed E-state index contributed by atoms with van der Waals surface area (Å²) in [7, 11) is 0. The predicted molar refractivity (Wildman–Crippen MR) is 86.9 cm³/mol. The number of rotatable bonds is 3. The first-order chi connectivity index (χ1) is 11.7. The molecule has 126 valence electrons. The quantitative estimate of drug-likeness (QED) is 0.853. The van der Waals surface area contributed by atoms with E-state index in [1.165, 1.54) is 0 Å². The van der Waals surface area contributed by atoms with Gasteiger partial charge in [-0.15, -0.1) is 0 Å². The highest BCUT2D eigenvalue weighted by Crippen LogP contribution is 2.35. The average molecular weight is 348 g/mol. The Morgan fingerprint density at radius 2 is 2.33 bits per heavy atom. The molecule has 4 rings (SSSR count). The lowest BCUT2D eigenvalue weighted by Crippen LogP contribution is -2.41. The number of fused-ring (bicyclic) bond motifs is 1.